The lowest BCUT2D eigenvalue weighted by atomic mass is 9.99. The Morgan fingerprint density at radius 3 is 2.45 bits per heavy atom. The van der Waals surface area contributed by atoms with Crippen LogP contribution in [0.15, 0.2) is 21.1 Å². The number of oxime groups is 1. The highest BCUT2D eigenvalue weighted by Gasteiger charge is 2.19. The highest BCUT2D eigenvalue weighted by atomic mass is 32.2. The van der Waals surface area contributed by atoms with E-state index in [0.717, 1.165) is 29.3 Å². The van der Waals surface area contributed by atoms with E-state index in [4.69, 9.17) is 0 Å². The van der Waals surface area contributed by atoms with E-state index in [2.05, 4.69) is 10.1 Å². The van der Waals surface area contributed by atoms with Crippen molar-refractivity contribution in [3.05, 3.63) is 11.6 Å². The minimum atomic E-state index is 0.297. The van der Waals surface area contributed by atoms with Crippen LogP contribution < -0.4 is 0 Å². The van der Waals surface area contributed by atoms with Gasteiger partial charge < -0.3 is 5.21 Å². The van der Waals surface area contributed by atoms with Crippen molar-refractivity contribution in [1.82, 2.24) is 4.98 Å². The van der Waals surface area contributed by atoms with Gasteiger partial charge in [-0.25, -0.2) is 4.98 Å². The lowest BCUT2D eigenvalue weighted by Crippen LogP contribution is -2.18. The second kappa shape index (κ2) is 9.40. The quantitative estimate of drug-likeness (QED) is 0.591. The summed E-state index contributed by atoms with van der Waals surface area (Å²) in [4.78, 5) is 4.35. The van der Waals surface area contributed by atoms with Crippen LogP contribution in [-0.4, -0.2) is 21.2 Å². The molecule has 112 valence electrons. The number of rotatable bonds is 2. The van der Waals surface area contributed by atoms with Gasteiger partial charge in [0.05, 0.1) is 11.0 Å². The zero-order valence-electron chi connectivity index (χ0n) is 12.0. The summed E-state index contributed by atoms with van der Waals surface area (Å²) in [5.41, 5.74) is 0.964. The fourth-order valence-corrected chi connectivity index (χ4v) is 4.70. The Hall–Kier alpha value is -0.550. The third-order valence-corrected chi connectivity index (χ3v) is 6.04. The van der Waals surface area contributed by atoms with Crippen molar-refractivity contribution in [2.45, 2.75) is 73.8 Å². The number of aromatic nitrogens is 1. The normalized spacial score (nSPS) is 25.0. The van der Waals surface area contributed by atoms with Crippen LogP contribution in [0, 0.1) is 0 Å². The third kappa shape index (κ3) is 5.44. The largest absolute Gasteiger partial charge is 0.411 e. The molecule has 1 aromatic rings. The summed E-state index contributed by atoms with van der Waals surface area (Å²) in [5, 5.41) is 15.3. The van der Waals surface area contributed by atoms with Gasteiger partial charge in [0.2, 0.25) is 0 Å². The van der Waals surface area contributed by atoms with Crippen LogP contribution in [0.1, 0.15) is 64.2 Å². The second-order valence-corrected chi connectivity index (χ2v) is 7.71. The van der Waals surface area contributed by atoms with Gasteiger partial charge >= 0.3 is 0 Å². The summed E-state index contributed by atoms with van der Waals surface area (Å²) in [6.45, 7) is 0. The van der Waals surface area contributed by atoms with Crippen LogP contribution in [0.4, 0.5) is 0 Å². The van der Waals surface area contributed by atoms with Crippen molar-refractivity contribution in [3.63, 3.8) is 0 Å². The molecule has 2 rings (SSSR count). The third-order valence-electron chi connectivity index (χ3n) is 3.80. The van der Waals surface area contributed by atoms with Gasteiger partial charge in [0, 0.05) is 11.6 Å². The molecule has 0 aromatic carbocycles. The molecule has 20 heavy (non-hydrogen) atoms. The summed E-state index contributed by atoms with van der Waals surface area (Å²) in [6, 6.07) is 0. The van der Waals surface area contributed by atoms with Crippen molar-refractivity contribution in [1.29, 1.82) is 0 Å². The smallest absolute Gasteiger partial charge is 0.150 e. The standard InChI is InChI=1S/C15H24N2OS2/c18-17-13-9-7-5-3-1-2-4-6-8-10-14(13)20-15-16-11-12-19-15/h11-12,14,18H,1-10H2/b17-13-. The topological polar surface area (TPSA) is 45.5 Å². The van der Waals surface area contributed by atoms with Crippen molar-refractivity contribution < 1.29 is 5.21 Å². The molecule has 0 aliphatic heterocycles. The fourth-order valence-electron chi connectivity index (χ4n) is 2.66. The Balaban J connectivity index is 1.97. The van der Waals surface area contributed by atoms with E-state index in [0.29, 0.717) is 5.25 Å². The molecule has 0 spiro atoms. The van der Waals surface area contributed by atoms with E-state index in [1.165, 1.54) is 44.9 Å². The van der Waals surface area contributed by atoms with Crippen LogP contribution >= 0.6 is 23.1 Å². The Morgan fingerprint density at radius 2 is 1.80 bits per heavy atom. The molecule has 0 amide bonds. The van der Waals surface area contributed by atoms with Gasteiger partial charge in [0.25, 0.3) is 0 Å². The molecule has 1 aliphatic carbocycles. The highest BCUT2D eigenvalue weighted by Crippen LogP contribution is 2.31. The molecule has 0 radical (unpaired) electrons. The van der Waals surface area contributed by atoms with Crippen molar-refractivity contribution >= 4 is 28.8 Å². The average molecular weight is 313 g/mol. The molecule has 1 fully saturated rings. The van der Waals surface area contributed by atoms with Crippen LogP contribution in [0.25, 0.3) is 0 Å². The molecule has 1 N–H and O–H groups in total. The predicted molar refractivity (Wildman–Crippen MR) is 87.2 cm³/mol. The molecule has 0 saturated heterocycles. The van der Waals surface area contributed by atoms with Gasteiger partial charge in [-0.2, -0.15) is 0 Å². The number of hydrogen-bond acceptors (Lipinski definition) is 5. The number of thiazole rings is 1. The molecular weight excluding hydrogens is 288 g/mol. The summed E-state index contributed by atoms with van der Waals surface area (Å²) in [5.74, 6) is 0. The highest BCUT2D eigenvalue weighted by molar-refractivity contribution is 8.02. The SMILES string of the molecule is O/N=C1/CCCCCCCCCCC1Sc1nccs1. The maximum atomic E-state index is 9.35. The maximum Gasteiger partial charge on any atom is 0.150 e. The molecule has 1 saturated carbocycles. The molecule has 5 heteroatoms. The van der Waals surface area contributed by atoms with E-state index in [-0.39, 0.29) is 0 Å². The fraction of sp³-hybridized carbons (Fsp3) is 0.733. The first kappa shape index (κ1) is 15.8. The van der Waals surface area contributed by atoms with Gasteiger partial charge in [-0.1, -0.05) is 61.9 Å². The Labute approximate surface area is 129 Å². The molecule has 1 atom stereocenters. The van der Waals surface area contributed by atoms with Gasteiger partial charge in [-0.15, -0.1) is 11.3 Å². The molecule has 1 heterocycles. The summed E-state index contributed by atoms with van der Waals surface area (Å²) in [7, 11) is 0. The van der Waals surface area contributed by atoms with Gasteiger partial charge in [0.1, 0.15) is 4.34 Å². The Kier molecular flexibility index (Phi) is 7.44. The van der Waals surface area contributed by atoms with Crippen molar-refractivity contribution in [2.24, 2.45) is 5.16 Å². The Morgan fingerprint density at radius 1 is 1.10 bits per heavy atom. The lowest BCUT2D eigenvalue weighted by molar-refractivity contribution is 0.315. The first-order valence-electron chi connectivity index (χ1n) is 7.67. The molecule has 3 nitrogen and oxygen atoms in total. The first-order chi connectivity index (χ1) is 9.90. The molecule has 1 unspecified atom stereocenters. The van der Waals surface area contributed by atoms with E-state index >= 15 is 0 Å². The van der Waals surface area contributed by atoms with Crippen LogP contribution in [-0.2, 0) is 0 Å². The minimum absolute atomic E-state index is 0.297. The first-order valence-corrected chi connectivity index (χ1v) is 9.43. The molecule has 0 bridgehead atoms. The number of thioether (sulfide) groups is 1. The predicted octanol–water partition coefficient (Wildman–Crippen LogP) is 5.35. The van der Waals surface area contributed by atoms with Gasteiger partial charge in [0.15, 0.2) is 0 Å². The van der Waals surface area contributed by atoms with Crippen molar-refractivity contribution in [2.75, 3.05) is 0 Å². The van der Waals surface area contributed by atoms with Crippen LogP contribution in [0.5, 0.6) is 0 Å². The Bertz CT molecular complexity index is 393. The number of nitrogens with zero attached hydrogens (tertiary/aromatic N) is 2. The zero-order chi connectivity index (χ0) is 14.0. The monoisotopic (exact) mass is 312 g/mol. The average Bonchev–Trinajstić information content (AvgIpc) is 2.95. The molecule has 1 aromatic heterocycles. The summed E-state index contributed by atoms with van der Waals surface area (Å²) in [6.07, 6.45) is 14.2. The van der Waals surface area contributed by atoms with Gasteiger partial charge in [-0.05, 0) is 19.3 Å². The summed E-state index contributed by atoms with van der Waals surface area (Å²) >= 11 is 3.44. The number of hydrogen-bond donors (Lipinski definition) is 1. The van der Waals surface area contributed by atoms with E-state index < -0.39 is 0 Å². The van der Waals surface area contributed by atoms with E-state index in [9.17, 15) is 5.21 Å². The van der Waals surface area contributed by atoms with Gasteiger partial charge in [-0.3, -0.25) is 0 Å². The minimum Gasteiger partial charge on any atom is -0.411 e. The second-order valence-electron chi connectivity index (χ2n) is 5.36. The molecule has 1 aliphatic rings. The van der Waals surface area contributed by atoms with Crippen LogP contribution in [0.3, 0.4) is 0 Å². The molecular formula is C15H24N2OS2. The maximum absolute atomic E-state index is 9.35. The van der Waals surface area contributed by atoms with Crippen molar-refractivity contribution in [3.8, 4) is 0 Å². The van der Waals surface area contributed by atoms with E-state index in [1.807, 2.05) is 11.6 Å². The zero-order valence-corrected chi connectivity index (χ0v) is 13.6. The summed E-state index contributed by atoms with van der Waals surface area (Å²) < 4.78 is 1.09. The van der Waals surface area contributed by atoms with E-state index in [1.54, 1.807) is 23.1 Å². The lowest BCUT2D eigenvalue weighted by Gasteiger charge is -2.17. The van der Waals surface area contributed by atoms with Crippen LogP contribution in [0.2, 0.25) is 0 Å².